The fourth-order valence-corrected chi connectivity index (χ4v) is 4.27. The Kier molecular flexibility index (Phi) is 6.25. The first kappa shape index (κ1) is 22.0. The maximum absolute atomic E-state index is 13.0. The molecular weight excluding hydrogens is 540 g/mol. The normalized spacial score (nSPS) is 15.2. The van der Waals surface area contributed by atoms with Gasteiger partial charge < -0.3 is 5.11 Å². The third kappa shape index (κ3) is 4.51. The van der Waals surface area contributed by atoms with Crippen LogP contribution in [-0.4, -0.2) is 23.0 Å². The summed E-state index contributed by atoms with van der Waals surface area (Å²) in [5.74, 6) is -1.50. The third-order valence-electron chi connectivity index (χ3n) is 4.94. The topological polar surface area (TPSA) is 86.7 Å². The highest BCUT2D eigenvalue weighted by molar-refractivity contribution is 9.10. The van der Waals surface area contributed by atoms with Gasteiger partial charge in [0, 0.05) is 8.95 Å². The van der Waals surface area contributed by atoms with Crippen molar-refractivity contribution in [3.05, 3.63) is 97.9 Å². The Labute approximate surface area is 200 Å². The minimum absolute atomic E-state index is 0.00192. The number of carbonyl (C=O) groups is 3. The molecule has 160 valence electrons. The van der Waals surface area contributed by atoms with Crippen LogP contribution in [0.2, 0.25) is 0 Å². The fourth-order valence-electron chi connectivity index (χ4n) is 3.30. The lowest BCUT2D eigenvalue weighted by atomic mass is 10.0. The van der Waals surface area contributed by atoms with Crippen molar-refractivity contribution in [3.8, 4) is 5.75 Å². The Morgan fingerprint density at radius 1 is 0.875 bits per heavy atom. The molecule has 1 aliphatic rings. The summed E-state index contributed by atoms with van der Waals surface area (Å²) < 4.78 is 1.85. The van der Waals surface area contributed by atoms with E-state index in [2.05, 4.69) is 37.2 Å². The van der Waals surface area contributed by atoms with E-state index in [-0.39, 0.29) is 17.0 Å². The van der Waals surface area contributed by atoms with Gasteiger partial charge >= 0.3 is 6.03 Å². The van der Waals surface area contributed by atoms with Crippen molar-refractivity contribution >= 4 is 61.5 Å². The van der Waals surface area contributed by atoms with Crippen molar-refractivity contribution < 1.29 is 19.5 Å². The minimum atomic E-state index is -0.840. The zero-order chi connectivity index (χ0) is 22.8. The van der Waals surface area contributed by atoms with Gasteiger partial charge in [0.1, 0.15) is 11.3 Å². The summed E-state index contributed by atoms with van der Waals surface area (Å²) in [5, 5.41) is 11.6. The summed E-state index contributed by atoms with van der Waals surface area (Å²) in [6.45, 7) is 0. The van der Waals surface area contributed by atoms with Gasteiger partial charge in [-0.1, -0.05) is 62.2 Å². The summed E-state index contributed by atoms with van der Waals surface area (Å²) >= 11 is 7.12. The number of halogens is 2. The summed E-state index contributed by atoms with van der Waals surface area (Å²) in [7, 11) is 0. The average Bonchev–Trinajstić information content (AvgIpc) is 2.75. The van der Waals surface area contributed by atoms with E-state index < -0.39 is 17.8 Å². The molecule has 0 bridgehead atoms. The molecule has 3 aromatic carbocycles. The van der Waals surface area contributed by atoms with Crippen LogP contribution < -0.4 is 10.2 Å². The molecule has 3 aromatic rings. The van der Waals surface area contributed by atoms with E-state index in [0.717, 1.165) is 25.0 Å². The van der Waals surface area contributed by atoms with Crippen LogP contribution in [-0.2, 0) is 16.0 Å². The molecule has 0 saturated carbocycles. The molecule has 0 unspecified atom stereocenters. The molecule has 0 spiro atoms. The van der Waals surface area contributed by atoms with Gasteiger partial charge in [0.25, 0.3) is 11.8 Å². The lowest BCUT2D eigenvalue weighted by Crippen LogP contribution is -2.54. The number of phenolic OH excluding ortho intramolecular Hbond substituents is 1. The van der Waals surface area contributed by atoms with E-state index in [9.17, 15) is 19.5 Å². The van der Waals surface area contributed by atoms with Crippen LogP contribution in [0, 0.1) is 0 Å². The molecule has 6 nitrogen and oxygen atoms in total. The van der Waals surface area contributed by atoms with Crippen LogP contribution in [0.15, 0.2) is 81.2 Å². The second-order valence-corrected chi connectivity index (χ2v) is 8.80. The number of barbiturate groups is 1. The van der Waals surface area contributed by atoms with Gasteiger partial charge in [-0.15, -0.1) is 0 Å². The molecule has 2 N–H and O–H groups in total. The van der Waals surface area contributed by atoms with Crippen LogP contribution in [0.3, 0.4) is 0 Å². The predicted molar refractivity (Wildman–Crippen MR) is 128 cm³/mol. The van der Waals surface area contributed by atoms with E-state index in [4.69, 9.17) is 0 Å². The second-order valence-electron chi connectivity index (χ2n) is 7.09. The Morgan fingerprint density at radius 2 is 1.56 bits per heavy atom. The SMILES string of the molecule is O=C1NC(=O)N(c2ccc(O)cc2)C(=O)/C1=C/c1ccc(Cc2ccccc2Br)c(Br)c1. The number of amides is 4. The van der Waals surface area contributed by atoms with E-state index in [0.29, 0.717) is 12.0 Å². The predicted octanol–water partition coefficient (Wildman–Crippen LogP) is 5.17. The van der Waals surface area contributed by atoms with Gasteiger partial charge in [-0.3, -0.25) is 14.9 Å². The van der Waals surface area contributed by atoms with E-state index in [1.165, 1.54) is 30.3 Å². The third-order valence-corrected chi connectivity index (χ3v) is 6.45. The molecule has 32 heavy (non-hydrogen) atoms. The summed E-state index contributed by atoms with van der Waals surface area (Å²) in [4.78, 5) is 38.5. The average molecular weight is 556 g/mol. The second kappa shape index (κ2) is 9.10. The monoisotopic (exact) mass is 554 g/mol. The summed E-state index contributed by atoms with van der Waals surface area (Å²) in [6.07, 6.45) is 2.14. The van der Waals surface area contributed by atoms with Gasteiger partial charge in [-0.2, -0.15) is 0 Å². The fraction of sp³-hybridized carbons (Fsp3) is 0.0417. The molecule has 1 aliphatic heterocycles. The van der Waals surface area contributed by atoms with Crippen LogP contribution in [0.25, 0.3) is 6.08 Å². The molecule has 0 aromatic heterocycles. The first-order valence-corrected chi connectivity index (χ1v) is 11.1. The number of rotatable bonds is 4. The first-order chi connectivity index (χ1) is 15.3. The zero-order valence-electron chi connectivity index (χ0n) is 16.5. The van der Waals surface area contributed by atoms with Crippen LogP contribution >= 0.6 is 31.9 Å². The van der Waals surface area contributed by atoms with Crippen molar-refractivity contribution in [2.24, 2.45) is 0 Å². The number of carbonyl (C=O) groups excluding carboxylic acids is 3. The van der Waals surface area contributed by atoms with Crippen molar-refractivity contribution in [3.63, 3.8) is 0 Å². The molecule has 0 atom stereocenters. The Morgan fingerprint density at radius 3 is 2.25 bits per heavy atom. The van der Waals surface area contributed by atoms with Gasteiger partial charge in [0.05, 0.1) is 5.69 Å². The number of anilines is 1. The molecular formula is C24H16Br2N2O4. The van der Waals surface area contributed by atoms with E-state index >= 15 is 0 Å². The summed E-state index contributed by atoms with van der Waals surface area (Å²) in [5.41, 5.74) is 2.88. The standard InChI is InChI=1S/C24H16Br2N2O4/c25-20-4-2-1-3-15(20)13-16-6-5-14(12-21(16)26)11-19-22(30)27-24(32)28(23(19)31)17-7-9-18(29)10-8-17/h1-12,29H,13H2,(H,27,30,32)/b19-11+. The maximum Gasteiger partial charge on any atom is 0.335 e. The van der Waals surface area contributed by atoms with Crippen LogP contribution in [0.4, 0.5) is 10.5 Å². The molecule has 1 heterocycles. The molecule has 0 radical (unpaired) electrons. The number of phenols is 1. The van der Waals surface area contributed by atoms with E-state index in [1.54, 1.807) is 0 Å². The number of aromatic hydroxyl groups is 1. The quantitative estimate of drug-likeness (QED) is 0.343. The number of hydrogen-bond acceptors (Lipinski definition) is 4. The van der Waals surface area contributed by atoms with Gasteiger partial charge in [-0.05, 0) is 65.6 Å². The number of nitrogens with one attached hydrogen (secondary N) is 1. The Balaban J connectivity index is 1.63. The number of hydrogen-bond donors (Lipinski definition) is 2. The number of urea groups is 1. The van der Waals surface area contributed by atoms with Crippen molar-refractivity contribution in [1.82, 2.24) is 5.32 Å². The highest BCUT2D eigenvalue weighted by atomic mass is 79.9. The van der Waals surface area contributed by atoms with E-state index in [1.807, 2.05) is 42.5 Å². The number of nitrogens with zero attached hydrogens (tertiary/aromatic N) is 1. The lowest BCUT2D eigenvalue weighted by Gasteiger charge is -2.26. The van der Waals surface area contributed by atoms with Crippen LogP contribution in [0.5, 0.6) is 5.75 Å². The van der Waals surface area contributed by atoms with Gasteiger partial charge in [-0.25, -0.2) is 9.69 Å². The zero-order valence-corrected chi connectivity index (χ0v) is 19.7. The Bertz CT molecular complexity index is 1270. The van der Waals surface area contributed by atoms with Crippen molar-refractivity contribution in [1.29, 1.82) is 0 Å². The molecule has 1 fully saturated rings. The first-order valence-electron chi connectivity index (χ1n) is 9.56. The van der Waals surface area contributed by atoms with Gasteiger partial charge in [0.2, 0.25) is 0 Å². The number of benzene rings is 3. The lowest BCUT2D eigenvalue weighted by molar-refractivity contribution is -0.122. The molecule has 4 amide bonds. The molecule has 0 aliphatic carbocycles. The number of imide groups is 2. The van der Waals surface area contributed by atoms with Crippen molar-refractivity contribution in [2.75, 3.05) is 4.90 Å². The highest BCUT2D eigenvalue weighted by Gasteiger charge is 2.36. The van der Waals surface area contributed by atoms with Gasteiger partial charge in [0.15, 0.2) is 0 Å². The summed E-state index contributed by atoms with van der Waals surface area (Å²) in [6, 6.07) is 18.2. The van der Waals surface area contributed by atoms with Crippen molar-refractivity contribution in [2.45, 2.75) is 6.42 Å². The highest BCUT2D eigenvalue weighted by Crippen LogP contribution is 2.27. The molecule has 1 saturated heterocycles. The maximum atomic E-state index is 13.0. The smallest absolute Gasteiger partial charge is 0.335 e. The molecule has 8 heteroatoms. The minimum Gasteiger partial charge on any atom is -0.508 e. The largest absolute Gasteiger partial charge is 0.508 e. The molecule has 4 rings (SSSR count). The van der Waals surface area contributed by atoms with Crippen LogP contribution in [0.1, 0.15) is 16.7 Å². The Hall–Kier alpha value is -3.23.